The number of hydrogen-bond donors (Lipinski definition) is 2. The van der Waals surface area contributed by atoms with Gasteiger partial charge in [0.2, 0.25) is 5.91 Å². The van der Waals surface area contributed by atoms with Gasteiger partial charge in [-0.05, 0) is 37.5 Å². The Kier molecular flexibility index (Phi) is 10.1. The van der Waals surface area contributed by atoms with E-state index >= 15 is 0 Å². The molecule has 0 aromatic heterocycles. The normalized spacial score (nSPS) is 14.8. The van der Waals surface area contributed by atoms with E-state index in [0.717, 1.165) is 44.6 Å². The Morgan fingerprint density at radius 3 is 2.48 bits per heavy atom. The minimum atomic E-state index is -3.17. The number of nitrogens with one attached hydrogen (secondary N) is 2. The van der Waals surface area contributed by atoms with Crippen molar-refractivity contribution in [2.45, 2.75) is 37.6 Å². The van der Waals surface area contributed by atoms with E-state index in [1.807, 2.05) is 11.8 Å². The van der Waals surface area contributed by atoms with Crippen molar-refractivity contribution < 1.29 is 13.2 Å². The highest BCUT2D eigenvalue weighted by atomic mass is 127. The van der Waals surface area contributed by atoms with Crippen LogP contribution < -0.4 is 10.6 Å². The molecule has 27 heavy (non-hydrogen) atoms. The van der Waals surface area contributed by atoms with Gasteiger partial charge in [-0.3, -0.25) is 4.79 Å². The van der Waals surface area contributed by atoms with Gasteiger partial charge in [-0.25, -0.2) is 13.4 Å². The van der Waals surface area contributed by atoms with Gasteiger partial charge < -0.3 is 15.5 Å². The molecule has 0 spiro atoms. The smallest absolute Gasteiger partial charge is 0.222 e. The lowest BCUT2D eigenvalue weighted by Gasteiger charge is -2.16. The highest BCUT2D eigenvalue weighted by molar-refractivity contribution is 14.0. The Morgan fingerprint density at radius 1 is 1.22 bits per heavy atom. The Balaban J connectivity index is 0.00000364. The highest BCUT2D eigenvalue weighted by Gasteiger charge is 2.18. The number of nitrogens with zero attached hydrogens (tertiary/aromatic N) is 2. The quantitative estimate of drug-likeness (QED) is 0.242. The maximum absolute atomic E-state index is 11.6. The maximum Gasteiger partial charge on any atom is 0.222 e. The fourth-order valence-electron chi connectivity index (χ4n) is 2.77. The van der Waals surface area contributed by atoms with Gasteiger partial charge in [0.25, 0.3) is 0 Å². The molecular formula is C18H29IN4O3S. The lowest BCUT2D eigenvalue weighted by molar-refractivity contribution is -0.127. The van der Waals surface area contributed by atoms with E-state index in [0.29, 0.717) is 23.8 Å². The van der Waals surface area contributed by atoms with Crippen LogP contribution in [-0.2, 0) is 21.2 Å². The number of sulfone groups is 1. The Hall–Kier alpha value is -1.36. The first-order valence-corrected chi connectivity index (χ1v) is 10.9. The van der Waals surface area contributed by atoms with Crippen molar-refractivity contribution in [3.8, 4) is 0 Å². The first kappa shape index (κ1) is 23.7. The first-order chi connectivity index (χ1) is 12.4. The molecule has 0 bridgehead atoms. The van der Waals surface area contributed by atoms with E-state index in [9.17, 15) is 13.2 Å². The molecule has 1 aromatic carbocycles. The Morgan fingerprint density at radius 2 is 1.93 bits per heavy atom. The lowest BCUT2D eigenvalue weighted by atomic mass is 10.2. The molecule has 0 aliphatic carbocycles. The molecule has 1 aromatic rings. The Bertz CT molecular complexity index is 735. The summed E-state index contributed by atoms with van der Waals surface area (Å²) >= 11 is 0. The van der Waals surface area contributed by atoms with Crippen LogP contribution in [-0.4, -0.2) is 57.6 Å². The molecule has 0 radical (unpaired) electrons. The van der Waals surface area contributed by atoms with Crippen LogP contribution in [0, 0.1) is 0 Å². The molecule has 2 N–H and O–H groups in total. The maximum atomic E-state index is 11.6. The Labute approximate surface area is 178 Å². The standard InChI is InChI=1S/C18H28N4O3S.HI/c1-3-19-18(20-11-5-13-22-12-4-6-17(22)23)21-14-15-7-9-16(10-8-15)26(2,24)25;/h7-10H,3-6,11-14H2,1-2H3,(H2,19,20,21);1H. The predicted molar refractivity (Wildman–Crippen MR) is 118 cm³/mol. The third kappa shape index (κ3) is 8.04. The second kappa shape index (κ2) is 11.5. The van der Waals surface area contributed by atoms with Gasteiger partial charge in [0.15, 0.2) is 15.8 Å². The number of hydrogen-bond acceptors (Lipinski definition) is 4. The molecule has 1 heterocycles. The largest absolute Gasteiger partial charge is 0.357 e. The number of amides is 1. The number of benzene rings is 1. The number of guanidine groups is 1. The van der Waals surface area contributed by atoms with E-state index < -0.39 is 9.84 Å². The molecule has 0 unspecified atom stereocenters. The molecule has 0 atom stereocenters. The summed E-state index contributed by atoms with van der Waals surface area (Å²) in [4.78, 5) is 18.3. The van der Waals surface area contributed by atoms with E-state index in [1.165, 1.54) is 6.26 Å². The van der Waals surface area contributed by atoms with E-state index in [1.54, 1.807) is 24.3 Å². The molecule has 1 fully saturated rings. The van der Waals surface area contributed by atoms with Gasteiger partial charge in [0.05, 0.1) is 11.4 Å². The zero-order chi connectivity index (χ0) is 19.0. The molecule has 1 amide bonds. The van der Waals surface area contributed by atoms with Gasteiger partial charge in [-0.15, -0.1) is 24.0 Å². The first-order valence-electron chi connectivity index (χ1n) is 8.99. The van der Waals surface area contributed by atoms with Crippen molar-refractivity contribution in [3.63, 3.8) is 0 Å². The third-order valence-electron chi connectivity index (χ3n) is 4.18. The molecule has 0 saturated carbocycles. The van der Waals surface area contributed by atoms with Crippen molar-refractivity contribution in [2.75, 3.05) is 32.4 Å². The molecule has 1 aliphatic heterocycles. The third-order valence-corrected chi connectivity index (χ3v) is 5.31. The van der Waals surface area contributed by atoms with Crippen molar-refractivity contribution in [1.29, 1.82) is 0 Å². The van der Waals surface area contributed by atoms with Crippen molar-refractivity contribution in [3.05, 3.63) is 29.8 Å². The molecule has 9 heteroatoms. The number of carbonyl (C=O) groups excluding carboxylic acids is 1. The second-order valence-electron chi connectivity index (χ2n) is 6.38. The summed E-state index contributed by atoms with van der Waals surface area (Å²) in [6.07, 6.45) is 3.71. The highest BCUT2D eigenvalue weighted by Crippen LogP contribution is 2.11. The fourth-order valence-corrected chi connectivity index (χ4v) is 3.40. The lowest BCUT2D eigenvalue weighted by Crippen LogP contribution is -2.39. The van der Waals surface area contributed by atoms with Crippen LogP contribution in [0.5, 0.6) is 0 Å². The number of rotatable bonds is 8. The van der Waals surface area contributed by atoms with Crippen molar-refractivity contribution >= 4 is 45.7 Å². The van der Waals surface area contributed by atoms with Crippen molar-refractivity contribution in [1.82, 2.24) is 15.5 Å². The summed E-state index contributed by atoms with van der Waals surface area (Å²) in [7, 11) is -3.17. The zero-order valence-electron chi connectivity index (χ0n) is 15.9. The number of aliphatic imine (C=N–C) groups is 1. The van der Waals surface area contributed by atoms with Gasteiger partial charge in [-0.1, -0.05) is 12.1 Å². The summed E-state index contributed by atoms with van der Waals surface area (Å²) in [5.74, 6) is 0.968. The molecule has 7 nitrogen and oxygen atoms in total. The monoisotopic (exact) mass is 508 g/mol. The summed E-state index contributed by atoms with van der Waals surface area (Å²) < 4.78 is 23.0. The van der Waals surface area contributed by atoms with Crippen LogP contribution in [0.15, 0.2) is 34.2 Å². The summed E-state index contributed by atoms with van der Waals surface area (Å²) in [6.45, 7) is 5.60. The average Bonchev–Trinajstić information content (AvgIpc) is 3.01. The summed E-state index contributed by atoms with van der Waals surface area (Å²) in [5.41, 5.74) is 0.942. The zero-order valence-corrected chi connectivity index (χ0v) is 19.0. The van der Waals surface area contributed by atoms with Gasteiger partial charge in [-0.2, -0.15) is 0 Å². The number of carbonyl (C=O) groups is 1. The molecule has 152 valence electrons. The van der Waals surface area contributed by atoms with Crippen LogP contribution in [0.2, 0.25) is 0 Å². The molecular weight excluding hydrogens is 479 g/mol. The van der Waals surface area contributed by atoms with Crippen LogP contribution >= 0.6 is 24.0 Å². The average molecular weight is 508 g/mol. The van der Waals surface area contributed by atoms with Crippen LogP contribution in [0.1, 0.15) is 31.7 Å². The predicted octanol–water partition coefficient (Wildman–Crippen LogP) is 1.78. The minimum Gasteiger partial charge on any atom is -0.357 e. The van der Waals surface area contributed by atoms with E-state index in [-0.39, 0.29) is 29.9 Å². The van der Waals surface area contributed by atoms with E-state index in [2.05, 4.69) is 15.6 Å². The van der Waals surface area contributed by atoms with Gasteiger partial charge in [0.1, 0.15) is 0 Å². The SMILES string of the molecule is CCNC(=NCc1ccc(S(C)(=O)=O)cc1)NCCCN1CCCC1=O.I. The molecule has 1 saturated heterocycles. The number of halogens is 1. The number of likely N-dealkylation sites (tertiary alicyclic amines) is 1. The minimum absolute atomic E-state index is 0. The van der Waals surface area contributed by atoms with Crippen LogP contribution in [0.25, 0.3) is 0 Å². The second-order valence-corrected chi connectivity index (χ2v) is 8.39. The van der Waals surface area contributed by atoms with E-state index in [4.69, 9.17) is 0 Å². The van der Waals surface area contributed by atoms with Crippen molar-refractivity contribution in [2.24, 2.45) is 4.99 Å². The van der Waals surface area contributed by atoms with Crippen LogP contribution in [0.4, 0.5) is 0 Å². The van der Waals surface area contributed by atoms with Gasteiger partial charge in [0, 0.05) is 38.9 Å². The summed E-state index contributed by atoms with van der Waals surface area (Å²) in [6, 6.07) is 6.77. The van der Waals surface area contributed by atoms with Gasteiger partial charge >= 0.3 is 0 Å². The molecule has 2 rings (SSSR count). The molecule has 1 aliphatic rings. The fraction of sp³-hybridized carbons (Fsp3) is 0.556. The summed E-state index contributed by atoms with van der Waals surface area (Å²) in [5, 5.41) is 6.46. The topological polar surface area (TPSA) is 90.9 Å². The van der Waals surface area contributed by atoms with Crippen LogP contribution in [0.3, 0.4) is 0 Å².